The van der Waals surface area contributed by atoms with Crippen molar-refractivity contribution in [2.75, 3.05) is 37.7 Å². The zero-order valence-corrected chi connectivity index (χ0v) is 15.9. The van der Waals surface area contributed by atoms with Crippen LogP contribution in [0.3, 0.4) is 0 Å². The summed E-state index contributed by atoms with van der Waals surface area (Å²) in [6.07, 6.45) is 2.63. The molecule has 0 saturated carbocycles. The third-order valence-corrected chi connectivity index (χ3v) is 5.07. The van der Waals surface area contributed by atoms with Gasteiger partial charge in [-0.3, -0.25) is 4.79 Å². The molecule has 1 aromatic carbocycles. The Morgan fingerprint density at radius 3 is 2.77 bits per heavy atom. The van der Waals surface area contributed by atoms with Gasteiger partial charge in [0.15, 0.2) is 0 Å². The fraction of sp³-hybridized carbons (Fsp3) is 0.600. The average molecular weight is 358 g/mol. The first-order valence-electron chi connectivity index (χ1n) is 9.80. The monoisotopic (exact) mass is 358 g/mol. The Kier molecular flexibility index (Phi) is 6.50. The molecule has 6 heteroatoms. The molecule has 1 saturated heterocycles. The number of carbonyl (C=O) groups is 1. The molecule has 3 rings (SSSR count). The highest BCUT2D eigenvalue weighted by Gasteiger charge is 2.27. The van der Waals surface area contributed by atoms with Gasteiger partial charge in [-0.1, -0.05) is 12.1 Å². The van der Waals surface area contributed by atoms with E-state index in [0.29, 0.717) is 13.2 Å². The summed E-state index contributed by atoms with van der Waals surface area (Å²) >= 11 is 0. The van der Waals surface area contributed by atoms with Gasteiger partial charge in [-0.2, -0.15) is 0 Å². The Morgan fingerprint density at radius 2 is 2.04 bits per heavy atom. The van der Waals surface area contributed by atoms with E-state index in [4.69, 9.17) is 9.72 Å². The number of para-hydroxylation sites is 2. The first-order chi connectivity index (χ1) is 12.7. The highest BCUT2D eigenvalue weighted by Crippen LogP contribution is 2.26. The average Bonchev–Trinajstić information content (AvgIpc) is 3.06. The number of hydrogen-bond donors (Lipinski definition) is 1. The standard InChI is InChI=1S/C20H30N4O2/c1-3-24-18-9-6-5-8-17(18)22-20(24)23-13-10-16(11-14-23)19(25)21-12-7-15-26-4-2/h5-6,8-9,16H,3-4,7,10-15H2,1-2H3,(H,21,25). The van der Waals surface area contributed by atoms with Crippen molar-refractivity contribution < 1.29 is 9.53 Å². The highest BCUT2D eigenvalue weighted by atomic mass is 16.5. The maximum atomic E-state index is 12.3. The van der Waals surface area contributed by atoms with Crippen molar-refractivity contribution in [2.24, 2.45) is 5.92 Å². The second-order valence-corrected chi connectivity index (χ2v) is 6.75. The number of carbonyl (C=O) groups excluding carboxylic acids is 1. The molecule has 1 N–H and O–H groups in total. The quantitative estimate of drug-likeness (QED) is 0.737. The second-order valence-electron chi connectivity index (χ2n) is 6.75. The van der Waals surface area contributed by atoms with Crippen LogP contribution in [0.25, 0.3) is 11.0 Å². The lowest BCUT2D eigenvalue weighted by Crippen LogP contribution is -2.41. The molecule has 0 radical (unpaired) electrons. The smallest absolute Gasteiger partial charge is 0.223 e. The van der Waals surface area contributed by atoms with E-state index in [1.807, 2.05) is 13.0 Å². The first-order valence-corrected chi connectivity index (χ1v) is 9.80. The zero-order chi connectivity index (χ0) is 18.4. The van der Waals surface area contributed by atoms with Gasteiger partial charge >= 0.3 is 0 Å². The van der Waals surface area contributed by atoms with Gasteiger partial charge < -0.3 is 19.5 Å². The van der Waals surface area contributed by atoms with Gasteiger partial charge in [0.05, 0.1) is 11.0 Å². The summed E-state index contributed by atoms with van der Waals surface area (Å²) in [5.74, 6) is 1.33. The number of rotatable bonds is 8. The molecule has 6 nitrogen and oxygen atoms in total. The molecule has 1 fully saturated rings. The number of imidazole rings is 1. The van der Waals surface area contributed by atoms with E-state index in [1.54, 1.807) is 0 Å². The van der Waals surface area contributed by atoms with E-state index in [0.717, 1.165) is 57.0 Å². The lowest BCUT2D eigenvalue weighted by molar-refractivity contribution is -0.125. The SMILES string of the molecule is CCOCCCNC(=O)C1CCN(c2nc3ccccc3n2CC)CC1. The number of ether oxygens (including phenoxy) is 1. The summed E-state index contributed by atoms with van der Waals surface area (Å²) in [5, 5.41) is 3.05. The van der Waals surface area contributed by atoms with Crippen LogP contribution in [0.2, 0.25) is 0 Å². The fourth-order valence-electron chi connectivity index (χ4n) is 3.63. The Balaban J connectivity index is 1.55. The van der Waals surface area contributed by atoms with Gasteiger partial charge in [0.1, 0.15) is 0 Å². The molecule has 2 heterocycles. The molecule has 0 unspecified atom stereocenters. The van der Waals surface area contributed by atoms with Crippen molar-refractivity contribution in [1.29, 1.82) is 0 Å². The van der Waals surface area contributed by atoms with E-state index in [2.05, 4.69) is 39.9 Å². The molecule has 1 aliphatic rings. The molecule has 0 aliphatic carbocycles. The summed E-state index contributed by atoms with van der Waals surface area (Å²) in [5.41, 5.74) is 2.22. The molecule has 0 atom stereocenters. The van der Waals surface area contributed by atoms with Crippen LogP contribution in [-0.4, -0.2) is 48.3 Å². The van der Waals surface area contributed by atoms with Crippen LogP contribution < -0.4 is 10.2 Å². The first kappa shape index (κ1) is 18.7. The highest BCUT2D eigenvalue weighted by molar-refractivity contribution is 5.80. The normalized spacial score (nSPS) is 15.5. The largest absolute Gasteiger partial charge is 0.382 e. The minimum absolute atomic E-state index is 0.109. The van der Waals surface area contributed by atoms with Gasteiger partial charge in [-0.05, 0) is 45.2 Å². The van der Waals surface area contributed by atoms with Crippen molar-refractivity contribution in [3.8, 4) is 0 Å². The molecular formula is C20H30N4O2. The van der Waals surface area contributed by atoms with E-state index in [1.165, 1.54) is 5.52 Å². The summed E-state index contributed by atoms with van der Waals surface area (Å²) in [6, 6.07) is 8.27. The number of amides is 1. The fourth-order valence-corrected chi connectivity index (χ4v) is 3.63. The summed E-state index contributed by atoms with van der Waals surface area (Å²) in [6.45, 7) is 8.93. The summed E-state index contributed by atoms with van der Waals surface area (Å²) in [7, 11) is 0. The van der Waals surface area contributed by atoms with Gasteiger partial charge in [0, 0.05) is 45.3 Å². The molecule has 142 valence electrons. The Morgan fingerprint density at radius 1 is 1.27 bits per heavy atom. The van der Waals surface area contributed by atoms with E-state index in [9.17, 15) is 4.79 Å². The Bertz CT molecular complexity index is 720. The minimum atomic E-state index is 0.109. The van der Waals surface area contributed by atoms with Gasteiger partial charge in [-0.25, -0.2) is 4.98 Å². The maximum Gasteiger partial charge on any atom is 0.223 e. The number of anilines is 1. The number of aryl methyl sites for hydroxylation is 1. The third-order valence-electron chi connectivity index (χ3n) is 5.07. The lowest BCUT2D eigenvalue weighted by atomic mass is 9.96. The zero-order valence-electron chi connectivity index (χ0n) is 15.9. The van der Waals surface area contributed by atoms with Crippen LogP contribution in [0.5, 0.6) is 0 Å². The number of aromatic nitrogens is 2. The summed E-state index contributed by atoms with van der Waals surface area (Å²) in [4.78, 5) is 19.5. The van der Waals surface area contributed by atoms with Crippen molar-refractivity contribution in [1.82, 2.24) is 14.9 Å². The number of benzene rings is 1. The molecule has 0 spiro atoms. The third kappa shape index (κ3) is 4.18. The topological polar surface area (TPSA) is 59.4 Å². The van der Waals surface area contributed by atoms with Crippen LogP contribution >= 0.6 is 0 Å². The molecule has 2 aromatic rings. The van der Waals surface area contributed by atoms with Crippen LogP contribution in [0.1, 0.15) is 33.1 Å². The second kappa shape index (κ2) is 9.03. The molecule has 1 amide bonds. The predicted octanol–water partition coefficient (Wildman–Crippen LogP) is 2.82. The number of piperidine rings is 1. The molecule has 1 aromatic heterocycles. The van der Waals surface area contributed by atoms with Gasteiger partial charge in [0.2, 0.25) is 11.9 Å². The van der Waals surface area contributed by atoms with Gasteiger partial charge in [0.25, 0.3) is 0 Å². The van der Waals surface area contributed by atoms with Crippen molar-refractivity contribution in [3.05, 3.63) is 24.3 Å². The Labute approximate surface area is 155 Å². The summed E-state index contributed by atoms with van der Waals surface area (Å²) < 4.78 is 7.57. The predicted molar refractivity (Wildman–Crippen MR) is 104 cm³/mol. The Hall–Kier alpha value is -2.08. The van der Waals surface area contributed by atoms with Crippen LogP contribution in [0, 0.1) is 5.92 Å². The van der Waals surface area contributed by atoms with E-state index in [-0.39, 0.29) is 11.8 Å². The van der Waals surface area contributed by atoms with Crippen LogP contribution in [-0.2, 0) is 16.1 Å². The van der Waals surface area contributed by atoms with E-state index >= 15 is 0 Å². The van der Waals surface area contributed by atoms with Crippen LogP contribution in [0.4, 0.5) is 5.95 Å². The number of fused-ring (bicyclic) bond motifs is 1. The van der Waals surface area contributed by atoms with Crippen molar-refractivity contribution >= 4 is 22.9 Å². The van der Waals surface area contributed by atoms with Gasteiger partial charge in [-0.15, -0.1) is 0 Å². The van der Waals surface area contributed by atoms with E-state index < -0.39 is 0 Å². The molecule has 26 heavy (non-hydrogen) atoms. The number of nitrogens with one attached hydrogen (secondary N) is 1. The van der Waals surface area contributed by atoms with Crippen molar-refractivity contribution in [3.63, 3.8) is 0 Å². The molecular weight excluding hydrogens is 328 g/mol. The van der Waals surface area contributed by atoms with Crippen molar-refractivity contribution in [2.45, 2.75) is 39.7 Å². The molecule has 1 aliphatic heterocycles. The lowest BCUT2D eigenvalue weighted by Gasteiger charge is -2.32. The van der Waals surface area contributed by atoms with Crippen LogP contribution in [0.15, 0.2) is 24.3 Å². The molecule has 0 bridgehead atoms. The number of hydrogen-bond acceptors (Lipinski definition) is 4. The minimum Gasteiger partial charge on any atom is -0.382 e. The maximum absolute atomic E-state index is 12.3. The number of nitrogens with zero attached hydrogens (tertiary/aromatic N) is 3.